The molecule has 20 nitrogen and oxygen atoms in total. The summed E-state index contributed by atoms with van der Waals surface area (Å²) in [6.45, 7) is 0. The van der Waals surface area contributed by atoms with E-state index in [2.05, 4.69) is 0 Å². The van der Waals surface area contributed by atoms with Gasteiger partial charge in [-0.25, -0.2) is 0 Å². The maximum atomic E-state index is 8.74. The molecular weight excluding hydrogens is 528 g/mol. The van der Waals surface area contributed by atoms with Gasteiger partial charge in [-0.05, 0) is 0 Å². The standard InChI is InChI=1S/4NO3.H2O4S.W/c4*2-1(3)4;1-5(2,3)4;/h;;;;(H2,1,2,3,4);/q4*-1;;+4. The number of hydrogen-bond donors (Lipinski definition) is 2. The van der Waals surface area contributed by atoms with Crippen molar-refractivity contribution in [2.45, 2.75) is 0 Å². The molecule has 0 fully saturated rings. The van der Waals surface area contributed by atoms with Gasteiger partial charge in [0.15, 0.2) is 0 Å². The summed E-state index contributed by atoms with van der Waals surface area (Å²) in [5.41, 5.74) is 0. The first-order valence-electron chi connectivity index (χ1n) is 2.89. The Bertz CT molecular complexity index is 324. The second-order valence-electron chi connectivity index (χ2n) is 1.34. The molecular formula is H2N4O16SW. The fourth-order valence-electron chi connectivity index (χ4n) is 0. The summed E-state index contributed by atoms with van der Waals surface area (Å²) in [5.74, 6) is 0. The van der Waals surface area contributed by atoms with Crippen molar-refractivity contribution in [1.82, 2.24) is 0 Å². The zero-order valence-corrected chi connectivity index (χ0v) is 13.0. The van der Waals surface area contributed by atoms with Crippen molar-refractivity contribution in [1.29, 1.82) is 0 Å². The molecule has 0 aromatic heterocycles. The molecule has 130 valence electrons. The number of hydrogen-bond acceptors (Lipinski definition) is 14. The van der Waals surface area contributed by atoms with E-state index in [1.54, 1.807) is 0 Å². The third kappa shape index (κ3) is 666. The molecule has 22 heteroatoms. The van der Waals surface area contributed by atoms with Gasteiger partial charge in [-0.3, -0.25) is 9.11 Å². The molecule has 0 bridgehead atoms. The van der Waals surface area contributed by atoms with Crippen molar-refractivity contribution in [3.63, 3.8) is 0 Å². The van der Waals surface area contributed by atoms with Gasteiger partial charge in [0.2, 0.25) is 0 Å². The quantitative estimate of drug-likeness (QED) is 0.202. The molecule has 0 aliphatic rings. The summed E-state index contributed by atoms with van der Waals surface area (Å²) in [6.07, 6.45) is 0. The maximum Gasteiger partial charge on any atom is 4.00 e. The van der Waals surface area contributed by atoms with E-state index in [4.69, 9.17) is 78.8 Å². The first-order valence-corrected chi connectivity index (χ1v) is 4.29. The maximum absolute atomic E-state index is 8.74. The van der Waals surface area contributed by atoms with Crippen LogP contribution in [0, 0.1) is 61.3 Å². The molecule has 0 saturated carbocycles. The van der Waals surface area contributed by atoms with E-state index < -0.39 is 30.7 Å². The minimum Gasteiger partial charge on any atom is -0.356 e. The van der Waals surface area contributed by atoms with Crippen LogP contribution in [0.3, 0.4) is 0 Å². The van der Waals surface area contributed by atoms with Gasteiger partial charge in [0.1, 0.15) is 0 Å². The first-order chi connectivity index (χ1) is 8.93. The Morgan fingerprint density at radius 3 is 0.545 bits per heavy atom. The summed E-state index contributed by atoms with van der Waals surface area (Å²) in [4.78, 5) is 33.0. The van der Waals surface area contributed by atoms with E-state index in [0.29, 0.717) is 0 Å². The van der Waals surface area contributed by atoms with Crippen molar-refractivity contribution < 1.29 is 58.9 Å². The van der Waals surface area contributed by atoms with Crippen LogP contribution < -0.4 is 0 Å². The predicted octanol–water partition coefficient (Wildman–Crippen LogP) is -1.61. The Hall–Kier alpha value is -2.64. The molecule has 0 aromatic carbocycles. The smallest absolute Gasteiger partial charge is 0.356 e. The van der Waals surface area contributed by atoms with Gasteiger partial charge in [-0.15, -0.1) is 0 Å². The summed E-state index contributed by atoms with van der Waals surface area (Å²) in [7, 11) is -4.67. The fraction of sp³-hybridized carbons (Fsp3) is 0. The van der Waals surface area contributed by atoms with Crippen molar-refractivity contribution in [2.75, 3.05) is 0 Å². The van der Waals surface area contributed by atoms with Crippen LogP contribution in [0.2, 0.25) is 0 Å². The van der Waals surface area contributed by atoms with Crippen LogP contribution in [0.5, 0.6) is 0 Å². The second-order valence-corrected chi connectivity index (χ2v) is 2.24. The van der Waals surface area contributed by atoms with Crippen LogP contribution in [0.4, 0.5) is 0 Å². The van der Waals surface area contributed by atoms with Crippen LogP contribution in [0.15, 0.2) is 0 Å². The SMILES string of the molecule is O=S(=O)(O)O.O=[N+]([O-])[O-].O=[N+]([O-])[O-].O=[N+]([O-])[O-].O=[N+]([O-])[O-].[W+4]. The van der Waals surface area contributed by atoms with E-state index in [9.17, 15) is 0 Å². The van der Waals surface area contributed by atoms with E-state index in [1.165, 1.54) is 0 Å². The Morgan fingerprint density at radius 2 is 0.545 bits per heavy atom. The van der Waals surface area contributed by atoms with Gasteiger partial charge in [0.25, 0.3) is 0 Å². The van der Waals surface area contributed by atoms with Crippen molar-refractivity contribution in [3.8, 4) is 0 Å². The zero-order chi connectivity index (χ0) is 18.8. The monoisotopic (exact) mass is 530 g/mol. The van der Waals surface area contributed by atoms with Crippen molar-refractivity contribution >= 4 is 10.4 Å². The molecule has 0 aromatic rings. The van der Waals surface area contributed by atoms with Crippen molar-refractivity contribution in [3.05, 3.63) is 61.3 Å². The molecule has 0 aliphatic carbocycles. The van der Waals surface area contributed by atoms with Gasteiger partial charge < -0.3 is 61.3 Å². The Kier molecular flexibility index (Phi) is 39.0. The van der Waals surface area contributed by atoms with E-state index in [0.717, 1.165) is 0 Å². The van der Waals surface area contributed by atoms with Crippen molar-refractivity contribution in [2.24, 2.45) is 0 Å². The molecule has 0 heterocycles. The topological polar surface area (TPSA) is 339 Å². The van der Waals surface area contributed by atoms with E-state index in [1.807, 2.05) is 0 Å². The fourth-order valence-corrected chi connectivity index (χ4v) is 0. The predicted molar refractivity (Wildman–Crippen MR) is 55.6 cm³/mol. The van der Waals surface area contributed by atoms with Gasteiger partial charge in [-0.2, -0.15) is 8.42 Å². The molecule has 0 saturated heterocycles. The Morgan fingerprint density at radius 1 is 0.545 bits per heavy atom. The molecule has 0 aliphatic heterocycles. The van der Waals surface area contributed by atoms with Crippen LogP contribution in [0.1, 0.15) is 0 Å². The average molecular weight is 530 g/mol. The summed E-state index contributed by atoms with van der Waals surface area (Å²) >= 11 is 0. The zero-order valence-electron chi connectivity index (χ0n) is 9.22. The Labute approximate surface area is 131 Å². The number of rotatable bonds is 0. The summed E-state index contributed by atoms with van der Waals surface area (Å²) in [5, 5.41) is 59.0. The van der Waals surface area contributed by atoms with E-state index >= 15 is 0 Å². The van der Waals surface area contributed by atoms with Gasteiger partial charge >= 0.3 is 31.5 Å². The molecule has 0 atom stereocenters. The van der Waals surface area contributed by atoms with Gasteiger partial charge in [0.05, 0.1) is 20.3 Å². The molecule has 0 rings (SSSR count). The molecule has 0 unspecified atom stereocenters. The molecule has 0 radical (unpaired) electrons. The third-order valence-corrected chi connectivity index (χ3v) is 0. The van der Waals surface area contributed by atoms with Crippen LogP contribution >= 0.6 is 0 Å². The second kappa shape index (κ2) is 23.5. The van der Waals surface area contributed by atoms with Crippen LogP contribution in [-0.2, 0) is 31.5 Å². The summed E-state index contributed by atoms with van der Waals surface area (Å²) < 4.78 is 31.6. The van der Waals surface area contributed by atoms with Gasteiger partial charge in [-0.1, -0.05) is 0 Å². The molecule has 2 N–H and O–H groups in total. The normalized spacial score (nSPS) is 7.00. The minimum atomic E-state index is -4.67. The van der Waals surface area contributed by atoms with Crippen LogP contribution in [-0.4, -0.2) is 37.9 Å². The summed E-state index contributed by atoms with van der Waals surface area (Å²) in [6, 6.07) is 0. The third-order valence-electron chi connectivity index (χ3n) is 0. The first kappa shape index (κ1) is 36.6. The molecule has 0 amide bonds. The van der Waals surface area contributed by atoms with Crippen LogP contribution in [0.25, 0.3) is 0 Å². The Balaban J connectivity index is -0.0000000361. The largest absolute Gasteiger partial charge is 4.00 e. The minimum absolute atomic E-state index is 0. The van der Waals surface area contributed by atoms with Gasteiger partial charge in [0, 0.05) is 0 Å². The average Bonchev–Trinajstić information content (AvgIpc) is 1.91. The molecule has 22 heavy (non-hydrogen) atoms. The molecule has 0 spiro atoms. The van der Waals surface area contributed by atoms with E-state index in [-0.39, 0.29) is 21.1 Å². The number of nitrogens with zero attached hydrogens (tertiary/aromatic N) is 4.